The van der Waals surface area contributed by atoms with Crippen molar-refractivity contribution in [2.75, 3.05) is 26.7 Å². The van der Waals surface area contributed by atoms with Crippen molar-refractivity contribution in [3.63, 3.8) is 0 Å². The maximum absolute atomic E-state index is 5.31. The number of nitrogens with one attached hydrogen (secondary N) is 1. The number of piperazine rings is 1. The highest BCUT2D eigenvalue weighted by Gasteiger charge is 2.26. The third-order valence-electron chi connectivity index (χ3n) is 3.06. The number of nitrogens with zero attached hydrogens (tertiary/aromatic N) is 3. The van der Waals surface area contributed by atoms with Crippen LogP contribution in [-0.2, 0) is 0 Å². The summed E-state index contributed by atoms with van der Waals surface area (Å²) in [7, 11) is 2.06. The SMILES string of the molecule is CN1CCNCC1c1noc(-c2occc2Br)n1. The number of hydrogen-bond donors (Lipinski definition) is 1. The summed E-state index contributed by atoms with van der Waals surface area (Å²) in [6.07, 6.45) is 1.58. The van der Waals surface area contributed by atoms with Crippen molar-refractivity contribution in [2.45, 2.75) is 6.04 Å². The van der Waals surface area contributed by atoms with E-state index in [1.165, 1.54) is 0 Å². The van der Waals surface area contributed by atoms with Gasteiger partial charge in [0.05, 0.1) is 16.8 Å². The molecule has 0 aromatic carbocycles. The van der Waals surface area contributed by atoms with Crippen LogP contribution in [0.4, 0.5) is 0 Å². The minimum absolute atomic E-state index is 0.144. The molecular weight excluding hydrogens is 300 g/mol. The zero-order valence-corrected chi connectivity index (χ0v) is 11.5. The Balaban J connectivity index is 1.87. The van der Waals surface area contributed by atoms with E-state index in [1.807, 2.05) is 0 Å². The Hall–Kier alpha value is -1.18. The van der Waals surface area contributed by atoms with Crippen LogP contribution in [0.3, 0.4) is 0 Å². The van der Waals surface area contributed by atoms with Gasteiger partial charge in [-0.05, 0) is 29.0 Å². The largest absolute Gasteiger partial charge is 0.458 e. The number of hydrogen-bond acceptors (Lipinski definition) is 6. The second kappa shape index (κ2) is 4.83. The summed E-state index contributed by atoms with van der Waals surface area (Å²) >= 11 is 3.38. The van der Waals surface area contributed by atoms with Crippen LogP contribution < -0.4 is 5.32 Å². The van der Waals surface area contributed by atoms with E-state index in [1.54, 1.807) is 12.3 Å². The van der Waals surface area contributed by atoms with Crippen molar-refractivity contribution >= 4 is 15.9 Å². The molecule has 1 N–H and O–H groups in total. The van der Waals surface area contributed by atoms with Gasteiger partial charge in [0.2, 0.25) is 5.76 Å². The lowest BCUT2D eigenvalue weighted by molar-refractivity contribution is 0.190. The minimum Gasteiger partial charge on any atom is -0.458 e. The lowest BCUT2D eigenvalue weighted by Gasteiger charge is -2.30. The van der Waals surface area contributed by atoms with Crippen LogP contribution in [0.1, 0.15) is 11.9 Å². The zero-order valence-electron chi connectivity index (χ0n) is 9.89. The molecule has 3 heterocycles. The van der Waals surface area contributed by atoms with Gasteiger partial charge in [0.1, 0.15) is 0 Å². The summed E-state index contributed by atoms with van der Waals surface area (Å²) in [6, 6.07) is 1.94. The summed E-state index contributed by atoms with van der Waals surface area (Å²) < 4.78 is 11.4. The Kier molecular flexibility index (Phi) is 3.19. The normalized spacial score (nSPS) is 21.3. The molecule has 0 saturated carbocycles. The van der Waals surface area contributed by atoms with E-state index in [2.05, 4.69) is 43.3 Å². The topological polar surface area (TPSA) is 67.3 Å². The van der Waals surface area contributed by atoms with Gasteiger partial charge in [-0.25, -0.2) is 0 Å². The van der Waals surface area contributed by atoms with Gasteiger partial charge in [0.25, 0.3) is 5.89 Å². The maximum atomic E-state index is 5.31. The molecule has 6 nitrogen and oxygen atoms in total. The van der Waals surface area contributed by atoms with E-state index in [9.17, 15) is 0 Å². The molecule has 18 heavy (non-hydrogen) atoms. The molecule has 0 aliphatic carbocycles. The van der Waals surface area contributed by atoms with Gasteiger partial charge in [0.15, 0.2) is 5.82 Å². The van der Waals surface area contributed by atoms with Crippen LogP contribution in [0.5, 0.6) is 0 Å². The second-order valence-electron chi connectivity index (χ2n) is 4.26. The Labute approximate surface area is 112 Å². The fourth-order valence-corrected chi connectivity index (χ4v) is 2.37. The molecule has 3 rings (SSSR count). The number of aromatic nitrogens is 2. The monoisotopic (exact) mass is 312 g/mol. The molecule has 0 radical (unpaired) electrons. The highest BCUT2D eigenvalue weighted by Crippen LogP contribution is 2.29. The van der Waals surface area contributed by atoms with Crippen LogP contribution in [0.25, 0.3) is 11.7 Å². The second-order valence-corrected chi connectivity index (χ2v) is 5.11. The van der Waals surface area contributed by atoms with Crippen LogP contribution in [-0.4, -0.2) is 41.7 Å². The summed E-state index contributed by atoms with van der Waals surface area (Å²) in [5, 5.41) is 7.36. The number of halogens is 1. The number of furan rings is 1. The average molecular weight is 313 g/mol. The first-order chi connectivity index (χ1) is 8.75. The van der Waals surface area contributed by atoms with Crippen molar-refractivity contribution < 1.29 is 8.94 Å². The Morgan fingerprint density at radius 2 is 2.44 bits per heavy atom. The fraction of sp³-hybridized carbons (Fsp3) is 0.455. The molecule has 2 aromatic rings. The van der Waals surface area contributed by atoms with Crippen molar-refractivity contribution in [2.24, 2.45) is 0 Å². The molecular formula is C11H13BrN4O2. The lowest BCUT2D eigenvalue weighted by Crippen LogP contribution is -2.44. The van der Waals surface area contributed by atoms with Crippen molar-refractivity contribution in [3.05, 3.63) is 22.6 Å². The third-order valence-corrected chi connectivity index (χ3v) is 3.69. The summed E-state index contributed by atoms with van der Waals surface area (Å²) in [5.74, 6) is 1.66. The van der Waals surface area contributed by atoms with Crippen molar-refractivity contribution in [1.29, 1.82) is 0 Å². The van der Waals surface area contributed by atoms with E-state index in [-0.39, 0.29) is 6.04 Å². The average Bonchev–Trinajstić information content (AvgIpc) is 2.98. The minimum atomic E-state index is 0.144. The molecule has 96 valence electrons. The molecule has 0 amide bonds. The Morgan fingerprint density at radius 3 is 3.17 bits per heavy atom. The Bertz CT molecular complexity index is 539. The fourth-order valence-electron chi connectivity index (χ4n) is 2.00. The molecule has 1 atom stereocenters. The molecule has 0 spiro atoms. The van der Waals surface area contributed by atoms with Gasteiger partial charge in [-0.15, -0.1) is 0 Å². The predicted octanol–water partition coefficient (Wildman–Crippen LogP) is 1.67. The molecule has 0 bridgehead atoms. The molecule has 7 heteroatoms. The van der Waals surface area contributed by atoms with Gasteiger partial charge in [-0.1, -0.05) is 5.16 Å². The standard InChI is InChI=1S/C11H13BrN4O2/c1-16-4-3-13-6-8(16)10-14-11(18-15-10)9-7(12)2-5-17-9/h2,5,8,13H,3-4,6H2,1H3. The van der Waals surface area contributed by atoms with E-state index in [0.717, 1.165) is 24.1 Å². The first-order valence-electron chi connectivity index (χ1n) is 5.73. The third kappa shape index (κ3) is 2.09. The Morgan fingerprint density at radius 1 is 1.56 bits per heavy atom. The van der Waals surface area contributed by atoms with Gasteiger partial charge in [-0.2, -0.15) is 4.98 Å². The highest BCUT2D eigenvalue weighted by atomic mass is 79.9. The molecule has 1 fully saturated rings. The van der Waals surface area contributed by atoms with E-state index in [0.29, 0.717) is 17.5 Å². The van der Waals surface area contributed by atoms with Crippen LogP contribution in [0.2, 0.25) is 0 Å². The molecule has 2 aromatic heterocycles. The molecule has 1 saturated heterocycles. The van der Waals surface area contributed by atoms with Crippen LogP contribution >= 0.6 is 15.9 Å². The lowest BCUT2D eigenvalue weighted by atomic mass is 10.2. The van der Waals surface area contributed by atoms with E-state index in [4.69, 9.17) is 8.94 Å². The first kappa shape index (κ1) is 11.9. The van der Waals surface area contributed by atoms with Crippen LogP contribution in [0.15, 0.2) is 25.7 Å². The summed E-state index contributed by atoms with van der Waals surface area (Å²) in [5.41, 5.74) is 0. The number of rotatable bonds is 2. The highest BCUT2D eigenvalue weighted by molar-refractivity contribution is 9.10. The van der Waals surface area contributed by atoms with Gasteiger partial charge < -0.3 is 14.3 Å². The van der Waals surface area contributed by atoms with Crippen LogP contribution in [0, 0.1) is 0 Å². The van der Waals surface area contributed by atoms with Crippen molar-refractivity contribution in [1.82, 2.24) is 20.4 Å². The molecule has 1 unspecified atom stereocenters. The van der Waals surface area contributed by atoms with E-state index < -0.39 is 0 Å². The van der Waals surface area contributed by atoms with Gasteiger partial charge >= 0.3 is 0 Å². The maximum Gasteiger partial charge on any atom is 0.294 e. The predicted molar refractivity (Wildman–Crippen MR) is 67.9 cm³/mol. The number of likely N-dealkylation sites (N-methyl/N-ethyl adjacent to an activating group) is 1. The van der Waals surface area contributed by atoms with E-state index >= 15 is 0 Å². The molecule has 1 aliphatic rings. The quantitative estimate of drug-likeness (QED) is 0.910. The summed E-state index contributed by atoms with van der Waals surface area (Å²) in [6.45, 7) is 2.79. The van der Waals surface area contributed by atoms with Gasteiger partial charge in [-0.3, -0.25) is 4.90 Å². The van der Waals surface area contributed by atoms with Gasteiger partial charge in [0, 0.05) is 19.6 Å². The molecule has 1 aliphatic heterocycles. The first-order valence-corrected chi connectivity index (χ1v) is 6.53. The zero-order chi connectivity index (χ0) is 12.5. The van der Waals surface area contributed by atoms with Crippen molar-refractivity contribution in [3.8, 4) is 11.7 Å². The smallest absolute Gasteiger partial charge is 0.294 e. The summed E-state index contributed by atoms with van der Waals surface area (Å²) in [4.78, 5) is 6.62.